The minimum Gasteiger partial charge on any atom is -0.291 e. The lowest BCUT2D eigenvalue weighted by Gasteiger charge is -2.23. The molecule has 0 aliphatic heterocycles. The smallest absolute Gasteiger partial charge is 0.291 e. The summed E-state index contributed by atoms with van der Waals surface area (Å²) in [6.07, 6.45) is 3.42. The standard InChI is InChI=1S/C10H14F2O3S/c1-16(14,15)10(11,12)9(13)8-5-6-2-3-7(8)4-6/h6-8H,2-5H2,1H3. The first kappa shape index (κ1) is 12.0. The van der Waals surface area contributed by atoms with Crippen molar-refractivity contribution < 1.29 is 22.0 Å². The van der Waals surface area contributed by atoms with Gasteiger partial charge in [0.05, 0.1) is 0 Å². The van der Waals surface area contributed by atoms with Crippen LogP contribution in [0, 0.1) is 17.8 Å². The fourth-order valence-electron chi connectivity index (χ4n) is 2.96. The van der Waals surface area contributed by atoms with Crippen LogP contribution in [0.1, 0.15) is 25.7 Å². The molecule has 2 bridgehead atoms. The van der Waals surface area contributed by atoms with E-state index in [0.717, 1.165) is 19.3 Å². The first-order valence-electron chi connectivity index (χ1n) is 5.35. The van der Waals surface area contributed by atoms with E-state index in [-0.39, 0.29) is 5.92 Å². The molecule has 0 heterocycles. The summed E-state index contributed by atoms with van der Waals surface area (Å²) in [6.45, 7) is 0. The predicted octanol–water partition coefficient (Wildman–Crippen LogP) is 1.63. The molecule has 16 heavy (non-hydrogen) atoms. The maximum Gasteiger partial charge on any atom is 0.402 e. The molecule has 0 saturated heterocycles. The van der Waals surface area contributed by atoms with Crippen molar-refractivity contribution in [1.82, 2.24) is 0 Å². The molecule has 2 aliphatic rings. The van der Waals surface area contributed by atoms with Crippen molar-refractivity contribution in [2.24, 2.45) is 17.8 Å². The van der Waals surface area contributed by atoms with E-state index >= 15 is 0 Å². The summed E-state index contributed by atoms with van der Waals surface area (Å²) in [6, 6.07) is 0. The first-order chi connectivity index (χ1) is 7.23. The molecule has 3 nitrogen and oxygen atoms in total. The van der Waals surface area contributed by atoms with Crippen molar-refractivity contribution in [3.8, 4) is 0 Å². The lowest BCUT2D eigenvalue weighted by molar-refractivity contribution is -0.139. The second-order valence-corrected chi connectivity index (χ2v) is 6.99. The second-order valence-electron chi connectivity index (χ2n) is 4.93. The van der Waals surface area contributed by atoms with Crippen LogP contribution in [0.25, 0.3) is 0 Å². The Bertz CT molecular complexity index is 416. The van der Waals surface area contributed by atoms with Gasteiger partial charge in [-0.05, 0) is 31.1 Å². The Morgan fingerprint density at radius 1 is 1.25 bits per heavy atom. The third kappa shape index (κ3) is 1.67. The summed E-state index contributed by atoms with van der Waals surface area (Å²) >= 11 is 0. The van der Waals surface area contributed by atoms with Crippen molar-refractivity contribution in [1.29, 1.82) is 0 Å². The number of fused-ring (bicyclic) bond motifs is 2. The average molecular weight is 252 g/mol. The molecule has 0 radical (unpaired) electrons. The molecular weight excluding hydrogens is 238 g/mol. The highest BCUT2D eigenvalue weighted by Crippen LogP contribution is 2.50. The zero-order valence-corrected chi connectivity index (χ0v) is 9.77. The van der Waals surface area contributed by atoms with Crippen LogP contribution in [0.5, 0.6) is 0 Å². The molecule has 0 spiro atoms. The Morgan fingerprint density at radius 3 is 2.25 bits per heavy atom. The Balaban J connectivity index is 2.20. The first-order valence-corrected chi connectivity index (χ1v) is 7.24. The Labute approximate surface area is 93.1 Å². The SMILES string of the molecule is CS(=O)(=O)C(F)(F)C(=O)C1CC2CCC1C2. The van der Waals surface area contributed by atoms with E-state index in [0.29, 0.717) is 18.6 Å². The number of hydrogen-bond donors (Lipinski definition) is 0. The minimum atomic E-state index is -4.64. The number of ketones is 1. The number of rotatable bonds is 3. The van der Waals surface area contributed by atoms with Crippen LogP contribution in [0.2, 0.25) is 0 Å². The molecule has 0 N–H and O–H groups in total. The topological polar surface area (TPSA) is 51.2 Å². The Hall–Kier alpha value is -0.520. The van der Waals surface area contributed by atoms with Gasteiger partial charge < -0.3 is 0 Å². The van der Waals surface area contributed by atoms with Gasteiger partial charge >= 0.3 is 5.25 Å². The summed E-state index contributed by atoms with van der Waals surface area (Å²) in [4.78, 5) is 11.6. The molecule has 3 atom stereocenters. The quantitative estimate of drug-likeness (QED) is 0.767. The summed E-state index contributed by atoms with van der Waals surface area (Å²) in [7, 11) is -4.64. The van der Waals surface area contributed by atoms with Gasteiger partial charge in [0, 0.05) is 12.2 Å². The third-order valence-corrected chi connectivity index (χ3v) is 4.96. The van der Waals surface area contributed by atoms with Crippen LogP contribution in [0.3, 0.4) is 0 Å². The van der Waals surface area contributed by atoms with Gasteiger partial charge in [0.2, 0.25) is 15.6 Å². The molecule has 0 aromatic carbocycles. The van der Waals surface area contributed by atoms with Gasteiger partial charge in [-0.25, -0.2) is 8.42 Å². The number of Topliss-reactive ketones (excluding diaryl/α,β-unsaturated/α-hetero) is 1. The van der Waals surface area contributed by atoms with Crippen molar-refractivity contribution in [3.63, 3.8) is 0 Å². The highest BCUT2D eigenvalue weighted by Gasteiger charge is 2.56. The summed E-state index contributed by atoms with van der Waals surface area (Å²) in [5.41, 5.74) is 0. The van der Waals surface area contributed by atoms with Crippen molar-refractivity contribution in [3.05, 3.63) is 0 Å². The molecule has 0 aromatic heterocycles. The molecule has 6 heteroatoms. The predicted molar refractivity (Wildman–Crippen MR) is 53.7 cm³/mol. The zero-order valence-electron chi connectivity index (χ0n) is 8.95. The van der Waals surface area contributed by atoms with Crippen LogP contribution in [-0.4, -0.2) is 25.7 Å². The summed E-state index contributed by atoms with van der Waals surface area (Å²) in [5, 5.41) is -4.21. The number of carbonyl (C=O) groups excluding carboxylic acids is 1. The van der Waals surface area contributed by atoms with E-state index in [4.69, 9.17) is 0 Å². The van der Waals surface area contributed by atoms with Gasteiger partial charge in [-0.1, -0.05) is 6.42 Å². The van der Waals surface area contributed by atoms with Gasteiger partial charge in [-0.3, -0.25) is 4.79 Å². The van der Waals surface area contributed by atoms with Gasteiger partial charge in [-0.15, -0.1) is 0 Å². The van der Waals surface area contributed by atoms with Crippen LogP contribution >= 0.6 is 0 Å². The van der Waals surface area contributed by atoms with E-state index in [1.165, 1.54) is 0 Å². The highest BCUT2D eigenvalue weighted by molar-refractivity contribution is 7.92. The molecule has 0 aromatic rings. The van der Waals surface area contributed by atoms with Gasteiger partial charge in [0.1, 0.15) is 0 Å². The second kappa shape index (κ2) is 3.48. The van der Waals surface area contributed by atoms with Crippen LogP contribution in [0.4, 0.5) is 8.78 Å². The Kier molecular flexibility index (Phi) is 2.60. The minimum absolute atomic E-state index is 0.0230. The van der Waals surface area contributed by atoms with Crippen molar-refractivity contribution >= 4 is 15.6 Å². The van der Waals surface area contributed by atoms with Crippen LogP contribution in [0.15, 0.2) is 0 Å². The molecule has 2 fully saturated rings. The molecular formula is C10H14F2O3S. The fourth-order valence-corrected chi connectivity index (χ4v) is 3.48. The Morgan fingerprint density at radius 2 is 1.88 bits per heavy atom. The van der Waals surface area contributed by atoms with E-state index < -0.39 is 26.8 Å². The third-order valence-electron chi connectivity index (χ3n) is 3.83. The monoisotopic (exact) mass is 252 g/mol. The molecule has 0 amide bonds. The highest BCUT2D eigenvalue weighted by atomic mass is 32.2. The van der Waals surface area contributed by atoms with Gasteiger partial charge in [-0.2, -0.15) is 8.78 Å². The number of hydrogen-bond acceptors (Lipinski definition) is 3. The lowest BCUT2D eigenvalue weighted by Crippen LogP contribution is -2.42. The maximum absolute atomic E-state index is 13.4. The fraction of sp³-hybridized carbons (Fsp3) is 0.900. The molecule has 2 saturated carbocycles. The molecule has 2 rings (SSSR count). The number of halogens is 2. The lowest BCUT2D eigenvalue weighted by atomic mass is 9.86. The normalized spacial score (nSPS) is 34.3. The van der Waals surface area contributed by atoms with Gasteiger partial charge in [0.15, 0.2) is 0 Å². The molecule has 2 aliphatic carbocycles. The zero-order chi connectivity index (χ0) is 12.1. The molecule has 92 valence electrons. The number of alkyl halides is 2. The van der Waals surface area contributed by atoms with Crippen LogP contribution < -0.4 is 0 Å². The largest absolute Gasteiger partial charge is 0.402 e. The summed E-state index contributed by atoms with van der Waals surface area (Å²) < 4.78 is 48.5. The van der Waals surface area contributed by atoms with E-state index in [1.54, 1.807) is 0 Å². The number of sulfone groups is 1. The van der Waals surface area contributed by atoms with E-state index in [2.05, 4.69) is 0 Å². The number of carbonyl (C=O) groups is 1. The average Bonchev–Trinajstić information content (AvgIpc) is 2.75. The van der Waals surface area contributed by atoms with Gasteiger partial charge in [0.25, 0.3) is 0 Å². The van der Waals surface area contributed by atoms with Crippen molar-refractivity contribution in [2.75, 3.05) is 6.26 Å². The van der Waals surface area contributed by atoms with Crippen LogP contribution in [-0.2, 0) is 14.6 Å². The maximum atomic E-state index is 13.4. The van der Waals surface area contributed by atoms with Crippen molar-refractivity contribution in [2.45, 2.75) is 30.9 Å². The summed E-state index contributed by atoms with van der Waals surface area (Å²) in [5.74, 6) is -1.81. The van der Waals surface area contributed by atoms with E-state index in [9.17, 15) is 22.0 Å². The van der Waals surface area contributed by atoms with E-state index in [1.807, 2.05) is 0 Å². The molecule has 3 unspecified atom stereocenters.